The molecule has 0 unspecified atom stereocenters. The van der Waals surface area contributed by atoms with E-state index in [0.717, 1.165) is 12.3 Å². The first kappa shape index (κ1) is 11.5. The second kappa shape index (κ2) is 4.28. The van der Waals surface area contributed by atoms with Gasteiger partial charge in [-0.2, -0.15) is 0 Å². The van der Waals surface area contributed by atoms with Crippen LogP contribution >= 0.6 is 22.6 Å². The lowest BCUT2D eigenvalue weighted by Gasteiger charge is -2.11. The number of halogens is 5. The topological polar surface area (TPSA) is 22.1 Å². The number of aromatic nitrogens is 1. The Bertz CT molecular complexity index is 328. The van der Waals surface area contributed by atoms with Crippen molar-refractivity contribution in [1.29, 1.82) is 0 Å². The van der Waals surface area contributed by atoms with Crippen LogP contribution in [0.2, 0.25) is 0 Å². The van der Waals surface area contributed by atoms with Gasteiger partial charge in [-0.15, -0.1) is 13.2 Å². The smallest absolute Gasteiger partial charge is 0.405 e. The second-order valence-electron chi connectivity index (χ2n) is 2.25. The largest absolute Gasteiger partial charge is 0.573 e. The van der Waals surface area contributed by atoms with Crippen LogP contribution in [0.3, 0.4) is 0 Å². The van der Waals surface area contributed by atoms with Crippen LogP contribution in [0.1, 0.15) is 5.69 Å². The molecule has 0 aromatic carbocycles. The average molecular weight is 321 g/mol. The minimum atomic E-state index is -4.77. The molecule has 0 aliphatic heterocycles. The van der Waals surface area contributed by atoms with Crippen molar-refractivity contribution in [3.63, 3.8) is 0 Å². The predicted molar refractivity (Wildman–Crippen MR) is 48.4 cm³/mol. The van der Waals surface area contributed by atoms with E-state index in [0.29, 0.717) is 0 Å². The molecule has 0 bridgehead atoms. The summed E-state index contributed by atoms with van der Waals surface area (Å²) in [6.45, 7) is -0.923. The van der Waals surface area contributed by atoms with Crippen LogP contribution in [-0.4, -0.2) is 11.3 Å². The van der Waals surface area contributed by atoms with E-state index in [9.17, 15) is 17.6 Å². The quantitative estimate of drug-likeness (QED) is 0.617. The molecular formula is C7H4F4INO. The summed E-state index contributed by atoms with van der Waals surface area (Å²) >= 11 is 1.55. The van der Waals surface area contributed by atoms with Gasteiger partial charge in [0.15, 0.2) is 0 Å². The number of rotatable bonds is 2. The molecule has 7 heteroatoms. The number of pyridine rings is 1. The highest BCUT2D eigenvalue weighted by atomic mass is 127. The molecule has 78 valence electrons. The highest BCUT2D eigenvalue weighted by molar-refractivity contribution is 14.1. The van der Waals surface area contributed by atoms with Gasteiger partial charge in [-0.25, -0.2) is 4.39 Å². The summed E-state index contributed by atoms with van der Waals surface area (Å²) in [6, 6.07) is 1.04. The van der Waals surface area contributed by atoms with Crippen molar-refractivity contribution in [1.82, 2.24) is 4.98 Å². The monoisotopic (exact) mass is 321 g/mol. The Kier molecular flexibility index (Phi) is 3.51. The molecule has 1 rings (SSSR count). The van der Waals surface area contributed by atoms with E-state index in [2.05, 4.69) is 9.72 Å². The van der Waals surface area contributed by atoms with Gasteiger partial charge in [0, 0.05) is 6.20 Å². The molecule has 14 heavy (non-hydrogen) atoms. The Morgan fingerprint density at radius 3 is 2.57 bits per heavy atom. The van der Waals surface area contributed by atoms with Gasteiger partial charge in [0.2, 0.25) is 0 Å². The molecule has 0 saturated heterocycles. The minimum Gasteiger partial charge on any atom is -0.405 e. The van der Waals surface area contributed by atoms with Crippen LogP contribution in [0, 0.1) is 3.57 Å². The molecule has 0 amide bonds. The zero-order valence-corrected chi connectivity index (χ0v) is 8.76. The molecule has 0 radical (unpaired) electrons. The summed E-state index contributed by atoms with van der Waals surface area (Å²) in [7, 11) is 0. The Morgan fingerprint density at radius 2 is 2.07 bits per heavy atom. The fourth-order valence-electron chi connectivity index (χ4n) is 0.764. The number of ether oxygens (including phenoxy) is 1. The molecule has 0 aliphatic carbocycles. The summed E-state index contributed by atoms with van der Waals surface area (Å²) in [5.74, 6) is -0.430. The van der Waals surface area contributed by atoms with E-state index in [1.54, 1.807) is 22.6 Å². The summed E-state index contributed by atoms with van der Waals surface area (Å²) in [6.07, 6.45) is -3.70. The first-order valence-electron chi connectivity index (χ1n) is 3.39. The Balaban J connectivity index is 2.98. The zero-order valence-electron chi connectivity index (χ0n) is 6.61. The average Bonchev–Trinajstić information content (AvgIpc) is 2.06. The number of hydrogen-bond donors (Lipinski definition) is 0. The maximum absolute atomic E-state index is 12.2. The molecule has 1 aromatic heterocycles. The number of alkyl halides is 4. The highest BCUT2D eigenvalue weighted by Crippen LogP contribution is 2.28. The van der Waals surface area contributed by atoms with Crippen molar-refractivity contribution in [3.05, 3.63) is 21.5 Å². The van der Waals surface area contributed by atoms with Crippen molar-refractivity contribution in [2.75, 3.05) is 0 Å². The lowest BCUT2D eigenvalue weighted by Crippen LogP contribution is -2.18. The van der Waals surface area contributed by atoms with Gasteiger partial charge in [-0.05, 0) is 28.7 Å². The van der Waals surface area contributed by atoms with Gasteiger partial charge in [-0.3, -0.25) is 4.98 Å². The molecule has 0 fully saturated rings. The third-order valence-corrected chi connectivity index (χ3v) is 2.43. The van der Waals surface area contributed by atoms with Crippen LogP contribution in [-0.2, 0) is 6.67 Å². The van der Waals surface area contributed by atoms with Crippen molar-refractivity contribution in [2.45, 2.75) is 13.0 Å². The Labute approximate surface area is 90.4 Å². The standard InChI is InChI=1S/C7H4F4INO/c8-3-4-6(12)5(1-2-13-4)14-7(9,10)11/h1-2H,3H2. The van der Waals surface area contributed by atoms with Crippen LogP contribution < -0.4 is 4.74 Å². The molecule has 0 N–H and O–H groups in total. The molecule has 0 saturated carbocycles. The lowest BCUT2D eigenvalue weighted by atomic mass is 10.3. The number of hydrogen-bond acceptors (Lipinski definition) is 2. The van der Waals surface area contributed by atoms with E-state index < -0.39 is 18.8 Å². The van der Waals surface area contributed by atoms with Crippen molar-refractivity contribution >= 4 is 22.6 Å². The maximum Gasteiger partial charge on any atom is 0.573 e. The van der Waals surface area contributed by atoms with E-state index >= 15 is 0 Å². The normalized spacial score (nSPS) is 11.5. The SMILES string of the molecule is FCc1nccc(OC(F)(F)F)c1I. The molecule has 1 aromatic rings. The first-order valence-corrected chi connectivity index (χ1v) is 4.47. The van der Waals surface area contributed by atoms with Crippen molar-refractivity contribution in [3.8, 4) is 5.75 Å². The summed E-state index contributed by atoms with van der Waals surface area (Å²) in [4.78, 5) is 3.56. The molecule has 1 heterocycles. The third-order valence-electron chi connectivity index (χ3n) is 1.28. The van der Waals surface area contributed by atoms with Gasteiger partial charge in [0.05, 0.1) is 9.26 Å². The molecule has 2 nitrogen and oxygen atoms in total. The van der Waals surface area contributed by atoms with Crippen LogP contribution in [0.5, 0.6) is 5.75 Å². The fraction of sp³-hybridized carbons (Fsp3) is 0.286. The van der Waals surface area contributed by atoms with Crippen LogP contribution in [0.25, 0.3) is 0 Å². The molecular weight excluding hydrogens is 317 g/mol. The lowest BCUT2D eigenvalue weighted by molar-refractivity contribution is -0.275. The van der Waals surface area contributed by atoms with Gasteiger partial charge >= 0.3 is 6.36 Å². The second-order valence-corrected chi connectivity index (χ2v) is 3.33. The Morgan fingerprint density at radius 1 is 1.43 bits per heavy atom. The van der Waals surface area contributed by atoms with E-state index in [1.807, 2.05) is 0 Å². The maximum atomic E-state index is 12.2. The third kappa shape index (κ3) is 2.96. The van der Waals surface area contributed by atoms with Gasteiger partial charge < -0.3 is 4.74 Å². The summed E-state index contributed by atoms with van der Waals surface area (Å²) in [5.41, 5.74) is -0.0626. The Hall–Kier alpha value is -0.600. The van der Waals surface area contributed by atoms with Gasteiger partial charge in [0.1, 0.15) is 12.4 Å². The molecule has 0 spiro atoms. The summed E-state index contributed by atoms with van der Waals surface area (Å²) < 4.78 is 51.3. The number of nitrogens with zero attached hydrogens (tertiary/aromatic N) is 1. The summed E-state index contributed by atoms with van der Waals surface area (Å²) in [5, 5.41) is 0. The van der Waals surface area contributed by atoms with E-state index in [4.69, 9.17) is 0 Å². The van der Waals surface area contributed by atoms with Crippen LogP contribution in [0.15, 0.2) is 12.3 Å². The highest BCUT2D eigenvalue weighted by Gasteiger charge is 2.32. The molecule has 0 aliphatic rings. The van der Waals surface area contributed by atoms with Gasteiger partial charge in [0.25, 0.3) is 0 Å². The van der Waals surface area contributed by atoms with Crippen molar-refractivity contribution in [2.24, 2.45) is 0 Å². The van der Waals surface area contributed by atoms with Gasteiger partial charge in [-0.1, -0.05) is 0 Å². The minimum absolute atomic E-state index is 0.0323. The van der Waals surface area contributed by atoms with Crippen molar-refractivity contribution < 1.29 is 22.3 Å². The van der Waals surface area contributed by atoms with E-state index in [-0.39, 0.29) is 9.26 Å². The first-order chi connectivity index (χ1) is 6.44. The fourth-order valence-corrected chi connectivity index (χ4v) is 1.34. The van der Waals surface area contributed by atoms with E-state index in [1.165, 1.54) is 0 Å². The predicted octanol–water partition coefficient (Wildman–Crippen LogP) is 3.05. The van der Waals surface area contributed by atoms with Crippen LogP contribution in [0.4, 0.5) is 17.6 Å². The zero-order chi connectivity index (χ0) is 10.8. The molecule has 0 atom stereocenters.